The number of amides is 2. The number of hydrogen-bond acceptors (Lipinski definition) is 4. The first kappa shape index (κ1) is 26.0. The number of sulfonamides is 1. The average molecular weight is 525 g/mol. The van der Waals surface area contributed by atoms with E-state index in [4.69, 9.17) is 0 Å². The van der Waals surface area contributed by atoms with Gasteiger partial charge >= 0.3 is 6.03 Å². The molecule has 0 saturated carbocycles. The Balaban J connectivity index is 1.38. The lowest BCUT2D eigenvalue weighted by atomic mass is 10.0. The molecule has 192 valence electrons. The number of carbonyl (C=O) groups is 1. The minimum absolute atomic E-state index is 0.0127. The van der Waals surface area contributed by atoms with Crippen LogP contribution in [0.5, 0.6) is 0 Å². The van der Waals surface area contributed by atoms with Gasteiger partial charge in [0.15, 0.2) is 0 Å². The highest BCUT2D eigenvalue weighted by Gasteiger charge is 2.18. The molecule has 37 heavy (non-hydrogen) atoms. The van der Waals surface area contributed by atoms with Crippen molar-refractivity contribution in [3.8, 4) is 16.8 Å². The molecule has 4 rings (SSSR count). The van der Waals surface area contributed by atoms with Crippen LogP contribution in [0.1, 0.15) is 22.5 Å². The zero-order chi connectivity index (χ0) is 26.7. The second-order valence-electron chi connectivity index (χ2n) is 8.71. The lowest BCUT2D eigenvalue weighted by Crippen LogP contribution is -2.40. The number of rotatable bonds is 7. The van der Waals surface area contributed by atoms with Crippen LogP contribution < -0.4 is 10.0 Å². The fourth-order valence-electron chi connectivity index (χ4n) is 4.07. The van der Waals surface area contributed by atoms with E-state index in [0.717, 1.165) is 28.6 Å². The zero-order valence-corrected chi connectivity index (χ0v) is 21.4. The maximum absolute atomic E-state index is 13.7. The molecule has 0 spiro atoms. The third-order valence-electron chi connectivity index (χ3n) is 5.88. The van der Waals surface area contributed by atoms with Gasteiger partial charge in [0.25, 0.3) is 10.0 Å². The molecule has 2 amide bonds. The minimum Gasteiger partial charge on any atom is -0.337 e. The minimum atomic E-state index is -3.95. The van der Waals surface area contributed by atoms with Crippen LogP contribution in [-0.2, 0) is 16.4 Å². The Labute approximate surface area is 214 Å². The number of aryl methyl sites for hydroxylation is 2. The lowest BCUT2D eigenvalue weighted by molar-refractivity contribution is 0.246. The van der Waals surface area contributed by atoms with Gasteiger partial charge in [-0.15, -0.1) is 0 Å². The number of halogens is 2. The molecule has 0 aliphatic rings. The second-order valence-corrected chi connectivity index (χ2v) is 10.4. The predicted octanol–water partition coefficient (Wildman–Crippen LogP) is 4.97. The molecule has 3 aromatic carbocycles. The monoisotopic (exact) mass is 524 g/mol. The van der Waals surface area contributed by atoms with Crippen LogP contribution in [0.25, 0.3) is 16.8 Å². The van der Waals surface area contributed by atoms with Crippen molar-refractivity contribution in [2.75, 3.05) is 6.54 Å². The van der Waals surface area contributed by atoms with Crippen LogP contribution in [0, 0.1) is 32.4 Å². The molecule has 0 aliphatic carbocycles. The third-order valence-corrected chi connectivity index (χ3v) is 7.23. The summed E-state index contributed by atoms with van der Waals surface area (Å²) < 4.78 is 55.8. The Kier molecular flexibility index (Phi) is 7.40. The number of benzene rings is 3. The lowest BCUT2D eigenvalue weighted by Gasteiger charge is -2.10. The number of carbonyl (C=O) groups excluding carboxylic acids is 1. The van der Waals surface area contributed by atoms with Crippen LogP contribution in [0.4, 0.5) is 13.6 Å². The van der Waals surface area contributed by atoms with Crippen molar-refractivity contribution >= 4 is 16.1 Å². The summed E-state index contributed by atoms with van der Waals surface area (Å²) in [4.78, 5) is 12.1. The molecule has 0 aliphatic heterocycles. The van der Waals surface area contributed by atoms with E-state index >= 15 is 0 Å². The van der Waals surface area contributed by atoms with Crippen molar-refractivity contribution in [2.24, 2.45) is 0 Å². The van der Waals surface area contributed by atoms with Crippen molar-refractivity contribution in [3.63, 3.8) is 0 Å². The molecule has 0 radical (unpaired) electrons. The SMILES string of the molecule is Cc1ccc(S(=O)(=O)NC(=O)NCCc2ccc(-n3nc(C)c(-c4cc(F)cc(F)c4)c3C)cc2)cc1. The summed E-state index contributed by atoms with van der Waals surface area (Å²) in [5.74, 6) is -1.30. The van der Waals surface area contributed by atoms with Gasteiger partial charge in [-0.05, 0) is 74.7 Å². The second kappa shape index (κ2) is 10.5. The third kappa shape index (κ3) is 6.03. The van der Waals surface area contributed by atoms with Crippen molar-refractivity contribution in [3.05, 3.63) is 101 Å². The standard InChI is InChI=1S/C27H26F2N4O3S/c1-17-4-10-25(11-5-17)37(35,36)32-27(34)30-13-12-20-6-8-24(9-7-20)33-19(3)26(18(2)31-33)21-14-22(28)16-23(29)15-21/h4-11,14-16H,12-13H2,1-3H3,(H2,30,32,34). The molecule has 0 saturated heterocycles. The van der Waals surface area contributed by atoms with E-state index in [0.29, 0.717) is 23.2 Å². The largest absolute Gasteiger partial charge is 0.337 e. The molecule has 0 fully saturated rings. The Hall–Kier alpha value is -4.05. The highest BCUT2D eigenvalue weighted by molar-refractivity contribution is 7.90. The first-order chi connectivity index (χ1) is 17.5. The van der Waals surface area contributed by atoms with E-state index in [1.165, 1.54) is 24.3 Å². The molecule has 2 N–H and O–H groups in total. The fraction of sp³-hybridized carbons (Fsp3) is 0.185. The molecule has 0 bridgehead atoms. The van der Waals surface area contributed by atoms with E-state index in [1.807, 2.05) is 42.8 Å². The topological polar surface area (TPSA) is 93.1 Å². The summed E-state index contributed by atoms with van der Waals surface area (Å²) >= 11 is 0. The number of nitrogens with zero attached hydrogens (tertiary/aromatic N) is 2. The summed E-state index contributed by atoms with van der Waals surface area (Å²) in [7, 11) is -3.95. The molecule has 4 aromatic rings. The first-order valence-electron chi connectivity index (χ1n) is 11.5. The van der Waals surface area contributed by atoms with E-state index in [2.05, 4.69) is 10.4 Å². The van der Waals surface area contributed by atoms with Gasteiger partial charge in [-0.1, -0.05) is 29.8 Å². The summed E-state index contributed by atoms with van der Waals surface area (Å²) in [6.45, 7) is 5.68. The van der Waals surface area contributed by atoms with Gasteiger partial charge in [0.2, 0.25) is 0 Å². The zero-order valence-electron chi connectivity index (χ0n) is 20.5. The Morgan fingerprint density at radius 2 is 1.54 bits per heavy atom. The van der Waals surface area contributed by atoms with Gasteiger partial charge in [-0.25, -0.2) is 31.4 Å². The van der Waals surface area contributed by atoms with E-state index in [-0.39, 0.29) is 11.4 Å². The van der Waals surface area contributed by atoms with Gasteiger partial charge in [-0.3, -0.25) is 0 Å². The summed E-state index contributed by atoms with van der Waals surface area (Å²) in [5, 5.41) is 7.10. The van der Waals surface area contributed by atoms with Crippen molar-refractivity contribution in [1.29, 1.82) is 0 Å². The van der Waals surface area contributed by atoms with Crippen molar-refractivity contribution in [2.45, 2.75) is 32.1 Å². The molecule has 0 unspecified atom stereocenters. The van der Waals surface area contributed by atoms with Crippen LogP contribution >= 0.6 is 0 Å². The molecule has 7 nitrogen and oxygen atoms in total. The Morgan fingerprint density at radius 1 is 0.919 bits per heavy atom. The molecule has 10 heteroatoms. The number of hydrogen-bond donors (Lipinski definition) is 2. The van der Waals surface area contributed by atoms with E-state index in [9.17, 15) is 22.0 Å². The quantitative estimate of drug-likeness (QED) is 0.357. The average Bonchev–Trinajstić information content (AvgIpc) is 3.12. The van der Waals surface area contributed by atoms with Gasteiger partial charge in [0, 0.05) is 23.9 Å². The number of nitrogens with one attached hydrogen (secondary N) is 2. The maximum Gasteiger partial charge on any atom is 0.328 e. The van der Waals surface area contributed by atoms with Crippen LogP contribution in [0.2, 0.25) is 0 Å². The molecule has 0 atom stereocenters. The molecular formula is C27H26F2N4O3S. The van der Waals surface area contributed by atoms with E-state index in [1.54, 1.807) is 23.7 Å². The summed E-state index contributed by atoms with van der Waals surface area (Å²) in [6.07, 6.45) is 0.475. The van der Waals surface area contributed by atoms with Crippen molar-refractivity contribution < 1.29 is 22.0 Å². The normalized spacial score (nSPS) is 11.4. The van der Waals surface area contributed by atoms with Gasteiger partial charge < -0.3 is 5.32 Å². The molecule has 1 heterocycles. The predicted molar refractivity (Wildman–Crippen MR) is 137 cm³/mol. The van der Waals surface area contributed by atoms with Gasteiger partial charge in [-0.2, -0.15) is 5.10 Å². The van der Waals surface area contributed by atoms with Crippen LogP contribution in [0.15, 0.2) is 71.6 Å². The number of aromatic nitrogens is 2. The Morgan fingerprint density at radius 3 is 2.16 bits per heavy atom. The summed E-state index contributed by atoms with van der Waals surface area (Å²) in [6, 6.07) is 16.2. The maximum atomic E-state index is 13.7. The van der Waals surface area contributed by atoms with Crippen molar-refractivity contribution in [1.82, 2.24) is 19.8 Å². The van der Waals surface area contributed by atoms with Gasteiger partial charge in [0.1, 0.15) is 11.6 Å². The first-order valence-corrected chi connectivity index (χ1v) is 13.0. The molecular weight excluding hydrogens is 498 g/mol. The molecule has 1 aromatic heterocycles. The Bertz CT molecular complexity index is 1530. The van der Waals surface area contributed by atoms with Crippen LogP contribution in [-0.4, -0.2) is 30.8 Å². The highest BCUT2D eigenvalue weighted by Crippen LogP contribution is 2.30. The van der Waals surface area contributed by atoms with Crippen LogP contribution in [0.3, 0.4) is 0 Å². The number of urea groups is 1. The highest BCUT2D eigenvalue weighted by atomic mass is 32.2. The fourth-order valence-corrected chi connectivity index (χ4v) is 5.00. The summed E-state index contributed by atoms with van der Waals surface area (Å²) in [5.41, 5.74) is 5.06. The van der Waals surface area contributed by atoms with E-state index < -0.39 is 27.7 Å². The van der Waals surface area contributed by atoms with Gasteiger partial charge in [0.05, 0.1) is 16.3 Å². The smallest absolute Gasteiger partial charge is 0.328 e.